The highest BCUT2D eigenvalue weighted by atomic mass is 35.5. The Labute approximate surface area is 167 Å². The van der Waals surface area contributed by atoms with Gasteiger partial charge in [0.2, 0.25) is 11.8 Å². The summed E-state index contributed by atoms with van der Waals surface area (Å²) >= 11 is 6.38. The van der Waals surface area contributed by atoms with Crippen LogP contribution in [0, 0.1) is 6.92 Å². The second-order valence-corrected chi connectivity index (χ2v) is 6.90. The molecule has 2 aromatic rings. The van der Waals surface area contributed by atoms with Gasteiger partial charge in [-0.3, -0.25) is 14.4 Å². The van der Waals surface area contributed by atoms with Crippen LogP contribution in [0.3, 0.4) is 0 Å². The fourth-order valence-electron chi connectivity index (χ4n) is 3.35. The van der Waals surface area contributed by atoms with E-state index in [4.69, 9.17) is 11.6 Å². The molecule has 1 aromatic carbocycles. The fraction of sp³-hybridized carbons (Fsp3) is 0.368. The van der Waals surface area contributed by atoms with E-state index < -0.39 is 11.9 Å². The standard InChI is InChI=1S/C19H22ClN5O3/c1-12-16(17(20)25(23-12)13-7-4-3-5-8-13)19(28)22-11-15(26)24-10-6-9-14(24)18(27)21-2/h3-5,7-8,14H,6,9-11H2,1-2H3,(H,21,27)(H,22,28). The Morgan fingerprint density at radius 3 is 2.64 bits per heavy atom. The van der Waals surface area contributed by atoms with Gasteiger partial charge in [0.1, 0.15) is 11.2 Å². The van der Waals surface area contributed by atoms with Gasteiger partial charge in [-0.1, -0.05) is 29.8 Å². The first-order chi connectivity index (χ1) is 13.4. The third-order valence-corrected chi connectivity index (χ3v) is 5.10. The number of hydrogen-bond acceptors (Lipinski definition) is 4. The Balaban J connectivity index is 1.70. The summed E-state index contributed by atoms with van der Waals surface area (Å²) in [6.07, 6.45) is 1.38. The van der Waals surface area contributed by atoms with Gasteiger partial charge in [-0.2, -0.15) is 5.10 Å². The number of likely N-dealkylation sites (tertiary alicyclic amines) is 1. The van der Waals surface area contributed by atoms with Crippen LogP contribution in [0.5, 0.6) is 0 Å². The summed E-state index contributed by atoms with van der Waals surface area (Å²) in [7, 11) is 1.54. The highest BCUT2D eigenvalue weighted by Crippen LogP contribution is 2.23. The van der Waals surface area contributed by atoms with Crippen molar-refractivity contribution in [3.63, 3.8) is 0 Å². The lowest BCUT2D eigenvalue weighted by atomic mass is 10.2. The first-order valence-corrected chi connectivity index (χ1v) is 9.41. The van der Waals surface area contributed by atoms with E-state index in [2.05, 4.69) is 15.7 Å². The summed E-state index contributed by atoms with van der Waals surface area (Å²) in [6.45, 7) is 1.97. The van der Waals surface area contributed by atoms with Gasteiger partial charge in [0.25, 0.3) is 5.91 Å². The van der Waals surface area contributed by atoms with Crippen molar-refractivity contribution in [1.29, 1.82) is 0 Å². The van der Waals surface area contributed by atoms with Crippen molar-refractivity contribution in [2.45, 2.75) is 25.8 Å². The number of carbonyl (C=O) groups excluding carboxylic acids is 3. The largest absolute Gasteiger partial charge is 0.357 e. The van der Waals surface area contributed by atoms with E-state index >= 15 is 0 Å². The Morgan fingerprint density at radius 2 is 1.96 bits per heavy atom. The average molecular weight is 404 g/mol. The first kappa shape index (κ1) is 19.9. The molecule has 0 aliphatic carbocycles. The Morgan fingerprint density at radius 1 is 1.25 bits per heavy atom. The number of benzene rings is 1. The topological polar surface area (TPSA) is 96.3 Å². The maximum absolute atomic E-state index is 12.6. The van der Waals surface area contributed by atoms with E-state index in [1.54, 1.807) is 14.0 Å². The molecule has 8 nitrogen and oxygen atoms in total. The first-order valence-electron chi connectivity index (χ1n) is 9.03. The molecule has 2 N–H and O–H groups in total. The second-order valence-electron chi connectivity index (χ2n) is 6.54. The number of nitrogens with zero attached hydrogens (tertiary/aromatic N) is 3. The van der Waals surface area contributed by atoms with Crippen LogP contribution in [0.15, 0.2) is 30.3 Å². The molecule has 1 atom stereocenters. The lowest BCUT2D eigenvalue weighted by molar-refractivity contribution is -0.137. The number of likely N-dealkylation sites (N-methyl/N-ethyl adjacent to an activating group) is 1. The van der Waals surface area contributed by atoms with Gasteiger partial charge in [0.05, 0.1) is 23.5 Å². The van der Waals surface area contributed by atoms with Crippen molar-refractivity contribution < 1.29 is 14.4 Å². The Hall–Kier alpha value is -2.87. The van der Waals surface area contributed by atoms with E-state index in [9.17, 15) is 14.4 Å². The van der Waals surface area contributed by atoms with Crippen molar-refractivity contribution in [3.8, 4) is 5.69 Å². The molecular formula is C19H22ClN5O3. The molecule has 0 radical (unpaired) electrons. The number of carbonyl (C=O) groups is 3. The molecule has 0 spiro atoms. The minimum Gasteiger partial charge on any atom is -0.357 e. The summed E-state index contributed by atoms with van der Waals surface area (Å²) in [5, 5.41) is 9.67. The SMILES string of the molecule is CNC(=O)C1CCCN1C(=O)CNC(=O)c1c(C)nn(-c2ccccc2)c1Cl. The number of halogens is 1. The number of aromatic nitrogens is 2. The molecule has 1 aliphatic rings. The third-order valence-electron chi connectivity index (χ3n) is 4.75. The van der Waals surface area contributed by atoms with Crippen LogP contribution in [0.25, 0.3) is 5.69 Å². The molecule has 148 valence electrons. The Kier molecular flexibility index (Phi) is 5.99. The highest BCUT2D eigenvalue weighted by Gasteiger charge is 2.33. The summed E-state index contributed by atoms with van der Waals surface area (Å²) in [5.74, 6) is -0.974. The zero-order valence-corrected chi connectivity index (χ0v) is 16.5. The molecule has 3 rings (SSSR count). The van der Waals surface area contributed by atoms with E-state index in [1.165, 1.54) is 9.58 Å². The Bertz CT molecular complexity index is 896. The van der Waals surface area contributed by atoms with E-state index in [-0.39, 0.29) is 29.1 Å². The zero-order valence-electron chi connectivity index (χ0n) is 15.7. The van der Waals surface area contributed by atoms with Gasteiger partial charge in [-0.25, -0.2) is 4.68 Å². The third kappa shape index (κ3) is 3.87. The van der Waals surface area contributed by atoms with Crippen LogP contribution < -0.4 is 10.6 Å². The van der Waals surface area contributed by atoms with Crippen molar-refractivity contribution in [1.82, 2.24) is 25.3 Å². The highest BCUT2D eigenvalue weighted by molar-refractivity contribution is 6.33. The minimum atomic E-state index is -0.486. The van der Waals surface area contributed by atoms with Crippen LogP contribution >= 0.6 is 11.6 Å². The van der Waals surface area contributed by atoms with Crippen LogP contribution in [0.4, 0.5) is 0 Å². The number of hydrogen-bond donors (Lipinski definition) is 2. The van der Waals surface area contributed by atoms with Gasteiger partial charge in [-0.05, 0) is 31.9 Å². The van der Waals surface area contributed by atoms with E-state index in [0.717, 1.165) is 12.1 Å². The monoisotopic (exact) mass is 403 g/mol. The van der Waals surface area contributed by atoms with E-state index in [1.807, 2.05) is 30.3 Å². The molecular weight excluding hydrogens is 382 g/mol. The number of nitrogens with one attached hydrogen (secondary N) is 2. The van der Waals surface area contributed by atoms with Crippen molar-refractivity contribution in [3.05, 3.63) is 46.7 Å². The van der Waals surface area contributed by atoms with Gasteiger partial charge in [0.15, 0.2) is 0 Å². The van der Waals surface area contributed by atoms with E-state index in [0.29, 0.717) is 18.7 Å². The normalized spacial score (nSPS) is 16.1. The quantitative estimate of drug-likeness (QED) is 0.786. The zero-order chi connectivity index (χ0) is 20.3. The van der Waals surface area contributed by atoms with Crippen molar-refractivity contribution in [2.75, 3.05) is 20.1 Å². The maximum atomic E-state index is 12.6. The van der Waals surface area contributed by atoms with Gasteiger partial charge in [-0.15, -0.1) is 0 Å². The molecule has 1 fully saturated rings. The molecule has 0 bridgehead atoms. The number of amides is 3. The molecule has 1 saturated heterocycles. The lowest BCUT2D eigenvalue weighted by Crippen LogP contribution is -2.48. The van der Waals surface area contributed by atoms with Gasteiger partial charge >= 0.3 is 0 Å². The minimum absolute atomic E-state index is 0.179. The predicted molar refractivity (Wildman–Crippen MR) is 104 cm³/mol. The molecule has 3 amide bonds. The van der Waals surface area contributed by atoms with Crippen LogP contribution in [0.1, 0.15) is 28.9 Å². The molecule has 1 unspecified atom stereocenters. The number of para-hydroxylation sites is 1. The average Bonchev–Trinajstić information content (AvgIpc) is 3.30. The molecule has 1 aromatic heterocycles. The maximum Gasteiger partial charge on any atom is 0.256 e. The summed E-state index contributed by atoms with van der Waals surface area (Å²) in [5.41, 5.74) is 1.42. The summed E-state index contributed by atoms with van der Waals surface area (Å²) in [6, 6.07) is 8.74. The fourth-order valence-corrected chi connectivity index (χ4v) is 3.71. The van der Waals surface area contributed by atoms with Crippen LogP contribution in [0.2, 0.25) is 5.15 Å². The molecule has 0 saturated carbocycles. The molecule has 1 aliphatic heterocycles. The second kappa shape index (κ2) is 8.43. The van der Waals surface area contributed by atoms with Crippen molar-refractivity contribution >= 4 is 29.3 Å². The molecule has 2 heterocycles. The summed E-state index contributed by atoms with van der Waals surface area (Å²) in [4.78, 5) is 38.5. The van der Waals surface area contributed by atoms with Crippen molar-refractivity contribution in [2.24, 2.45) is 0 Å². The lowest BCUT2D eigenvalue weighted by Gasteiger charge is -2.23. The smallest absolute Gasteiger partial charge is 0.256 e. The summed E-state index contributed by atoms with van der Waals surface area (Å²) < 4.78 is 1.48. The van der Waals surface area contributed by atoms with Crippen LogP contribution in [-0.4, -0.2) is 58.6 Å². The number of aryl methyl sites for hydroxylation is 1. The van der Waals surface area contributed by atoms with Gasteiger partial charge in [0, 0.05) is 13.6 Å². The van der Waals surface area contributed by atoms with Crippen LogP contribution in [-0.2, 0) is 9.59 Å². The predicted octanol–water partition coefficient (Wildman–Crippen LogP) is 1.30. The van der Waals surface area contributed by atoms with Gasteiger partial charge < -0.3 is 15.5 Å². The molecule has 9 heteroatoms. The number of rotatable bonds is 5. The molecule has 28 heavy (non-hydrogen) atoms.